The molecule has 0 saturated heterocycles. The topological polar surface area (TPSA) is 55.8 Å². The smallest absolute Gasteiger partial charge is 0.416 e. The zero-order chi connectivity index (χ0) is 26.8. The summed E-state index contributed by atoms with van der Waals surface area (Å²) in [5.41, 5.74) is 1.35. The van der Waals surface area contributed by atoms with E-state index in [0.29, 0.717) is 18.7 Å². The lowest BCUT2D eigenvalue weighted by atomic mass is 9.89. The summed E-state index contributed by atoms with van der Waals surface area (Å²) in [5, 5.41) is 0. The van der Waals surface area contributed by atoms with Gasteiger partial charge in [0.15, 0.2) is 5.92 Å². The van der Waals surface area contributed by atoms with Crippen molar-refractivity contribution in [2.24, 2.45) is 5.92 Å². The molecule has 3 rings (SSSR count). The normalized spacial score (nSPS) is 12.4. The Morgan fingerprint density at radius 2 is 1.16 bits per heavy atom. The lowest BCUT2D eigenvalue weighted by molar-refractivity contribution is -0.166. The lowest BCUT2D eigenvalue weighted by Crippen LogP contribution is -2.42. The van der Waals surface area contributed by atoms with Crippen molar-refractivity contribution >= 4 is 11.9 Å². The number of nitrogens with zero attached hydrogens (tertiary/aromatic N) is 1. The van der Waals surface area contributed by atoms with E-state index in [1.165, 1.54) is 12.1 Å². The van der Waals surface area contributed by atoms with Gasteiger partial charge in [-0.3, -0.25) is 14.5 Å². The maximum Gasteiger partial charge on any atom is 0.416 e. The Kier molecular flexibility index (Phi) is 9.85. The first-order chi connectivity index (χ1) is 17.7. The van der Waals surface area contributed by atoms with Gasteiger partial charge in [-0.1, -0.05) is 72.8 Å². The zero-order valence-electron chi connectivity index (χ0n) is 20.8. The number of alkyl halides is 3. The molecule has 0 radical (unpaired) electrons. The van der Waals surface area contributed by atoms with Crippen molar-refractivity contribution in [2.75, 3.05) is 13.2 Å². The SMILES string of the molecule is CCOC(=O)C(C(=O)OCC)[C@H](c1ccc(C(F)(F)F)cc1)N(Cc1ccccc1)Cc1ccccc1. The lowest BCUT2D eigenvalue weighted by Gasteiger charge is -2.36. The Morgan fingerprint density at radius 1 is 0.730 bits per heavy atom. The van der Waals surface area contributed by atoms with E-state index in [1.54, 1.807) is 13.8 Å². The fourth-order valence-electron chi connectivity index (χ4n) is 4.19. The molecule has 0 aromatic heterocycles. The maximum atomic E-state index is 13.3. The molecule has 0 saturated carbocycles. The monoisotopic (exact) mass is 513 g/mol. The molecule has 37 heavy (non-hydrogen) atoms. The van der Waals surface area contributed by atoms with E-state index < -0.39 is 35.6 Å². The van der Waals surface area contributed by atoms with E-state index in [4.69, 9.17) is 9.47 Å². The fraction of sp³-hybridized carbons (Fsp3) is 0.310. The van der Waals surface area contributed by atoms with Crippen LogP contribution in [0.15, 0.2) is 84.9 Å². The van der Waals surface area contributed by atoms with Crippen molar-refractivity contribution in [3.8, 4) is 0 Å². The number of benzene rings is 3. The van der Waals surface area contributed by atoms with Crippen LogP contribution in [-0.2, 0) is 38.3 Å². The molecule has 1 atom stereocenters. The highest BCUT2D eigenvalue weighted by molar-refractivity contribution is 5.96. The highest BCUT2D eigenvalue weighted by Crippen LogP contribution is 2.36. The van der Waals surface area contributed by atoms with Crippen LogP contribution in [0.1, 0.15) is 42.1 Å². The third-order valence-electron chi connectivity index (χ3n) is 5.83. The summed E-state index contributed by atoms with van der Waals surface area (Å²) in [7, 11) is 0. The summed E-state index contributed by atoms with van der Waals surface area (Å²) in [4.78, 5) is 28.3. The number of ether oxygens (including phenoxy) is 2. The van der Waals surface area contributed by atoms with Crippen molar-refractivity contribution in [1.29, 1.82) is 0 Å². The molecule has 3 aromatic rings. The quantitative estimate of drug-likeness (QED) is 0.226. The van der Waals surface area contributed by atoms with E-state index in [1.807, 2.05) is 65.6 Å². The average molecular weight is 514 g/mol. The first-order valence-electron chi connectivity index (χ1n) is 12.1. The van der Waals surface area contributed by atoms with Crippen LogP contribution in [0, 0.1) is 5.92 Å². The fourth-order valence-corrected chi connectivity index (χ4v) is 4.19. The summed E-state index contributed by atoms with van der Waals surface area (Å²) >= 11 is 0. The van der Waals surface area contributed by atoms with Gasteiger partial charge in [0.05, 0.1) is 24.8 Å². The molecule has 0 N–H and O–H groups in total. The Balaban J connectivity index is 2.17. The van der Waals surface area contributed by atoms with Gasteiger partial charge in [0.2, 0.25) is 0 Å². The van der Waals surface area contributed by atoms with Gasteiger partial charge in [0, 0.05) is 13.1 Å². The summed E-state index contributed by atoms with van der Waals surface area (Å²) in [6, 6.07) is 22.4. The molecule has 0 amide bonds. The Hall–Kier alpha value is -3.65. The van der Waals surface area contributed by atoms with Crippen LogP contribution < -0.4 is 0 Å². The maximum absolute atomic E-state index is 13.3. The predicted octanol–water partition coefficient (Wildman–Crippen LogP) is 6.19. The first kappa shape index (κ1) is 27.9. The van der Waals surface area contributed by atoms with Gasteiger partial charge in [0.1, 0.15) is 0 Å². The number of halogens is 3. The van der Waals surface area contributed by atoms with Crippen LogP contribution in [0.3, 0.4) is 0 Å². The number of hydrogen-bond donors (Lipinski definition) is 0. The van der Waals surface area contributed by atoms with Gasteiger partial charge in [0.25, 0.3) is 0 Å². The third kappa shape index (κ3) is 7.67. The van der Waals surface area contributed by atoms with E-state index in [2.05, 4.69) is 0 Å². The minimum absolute atomic E-state index is 0.0336. The molecule has 0 spiro atoms. The summed E-state index contributed by atoms with van der Waals surface area (Å²) in [6.45, 7) is 3.95. The second-order valence-corrected chi connectivity index (χ2v) is 8.42. The van der Waals surface area contributed by atoms with Crippen LogP contribution in [0.2, 0.25) is 0 Å². The van der Waals surface area contributed by atoms with Gasteiger partial charge >= 0.3 is 18.1 Å². The van der Waals surface area contributed by atoms with Crippen LogP contribution in [-0.4, -0.2) is 30.1 Å². The van der Waals surface area contributed by atoms with E-state index >= 15 is 0 Å². The Labute approximate surface area is 214 Å². The number of carbonyl (C=O) groups is 2. The Bertz CT molecular complexity index is 1080. The summed E-state index contributed by atoms with van der Waals surface area (Å²) < 4.78 is 50.4. The standard InChI is InChI=1S/C29H30F3NO4/c1-3-36-27(34)25(28(35)37-4-2)26(23-15-17-24(18-16-23)29(30,31)32)33(19-21-11-7-5-8-12-21)20-22-13-9-6-10-14-22/h5-18,25-26H,3-4,19-20H2,1-2H3/t26-/m0/s1. The molecule has 0 unspecified atom stereocenters. The van der Waals surface area contributed by atoms with Crippen molar-refractivity contribution in [1.82, 2.24) is 4.90 Å². The number of hydrogen-bond acceptors (Lipinski definition) is 5. The molecule has 0 aliphatic carbocycles. The molecule has 0 aliphatic rings. The van der Waals surface area contributed by atoms with Gasteiger partial charge in [-0.25, -0.2) is 0 Å². The van der Waals surface area contributed by atoms with Crippen LogP contribution in [0.25, 0.3) is 0 Å². The molecule has 5 nitrogen and oxygen atoms in total. The molecule has 0 heterocycles. The second-order valence-electron chi connectivity index (χ2n) is 8.42. The third-order valence-corrected chi connectivity index (χ3v) is 5.83. The summed E-state index contributed by atoms with van der Waals surface area (Å²) in [6.07, 6.45) is -4.52. The van der Waals surface area contributed by atoms with Crippen LogP contribution in [0.5, 0.6) is 0 Å². The minimum Gasteiger partial charge on any atom is -0.465 e. The van der Waals surface area contributed by atoms with Gasteiger partial charge in [-0.15, -0.1) is 0 Å². The van der Waals surface area contributed by atoms with Crippen LogP contribution in [0.4, 0.5) is 13.2 Å². The summed E-state index contributed by atoms with van der Waals surface area (Å²) in [5.74, 6) is -3.00. The molecular weight excluding hydrogens is 483 g/mol. The number of esters is 2. The molecule has 3 aromatic carbocycles. The van der Waals surface area contributed by atoms with Crippen molar-refractivity contribution in [3.05, 3.63) is 107 Å². The largest absolute Gasteiger partial charge is 0.465 e. The highest BCUT2D eigenvalue weighted by atomic mass is 19.4. The Morgan fingerprint density at radius 3 is 1.54 bits per heavy atom. The highest BCUT2D eigenvalue weighted by Gasteiger charge is 2.42. The molecule has 0 fully saturated rings. The van der Waals surface area contributed by atoms with Crippen LogP contribution >= 0.6 is 0 Å². The van der Waals surface area contributed by atoms with E-state index in [0.717, 1.165) is 23.3 Å². The molecule has 0 bridgehead atoms. The van der Waals surface area contributed by atoms with Crippen molar-refractivity contribution in [2.45, 2.75) is 39.2 Å². The average Bonchev–Trinajstić information content (AvgIpc) is 2.88. The molecular formula is C29H30F3NO4. The van der Waals surface area contributed by atoms with Crippen molar-refractivity contribution in [3.63, 3.8) is 0 Å². The van der Waals surface area contributed by atoms with E-state index in [9.17, 15) is 22.8 Å². The van der Waals surface area contributed by atoms with Crippen molar-refractivity contribution < 1.29 is 32.2 Å². The second kappa shape index (κ2) is 13.1. The number of rotatable bonds is 11. The van der Waals surface area contributed by atoms with E-state index in [-0.39, 0.29) is 13.2 Å². The predicted molar refractivity (Wildman–Crippen MR) is 133 cm³/mol. The molecule has 196 valence electrons. The number of carbonyl (C=O) groups excluding carboxylic acids is 2. The molecule has 8 heteroatoms. The zero-order valence-corrected chi connectivity index (χ0v) is 20.8. The van der Waals surface area contributed by atoms with Gasteiger partial charge in [-0.05, 0) is 42.7 Å². The first-order valence-corrected chi connectivity index (χ1v) is 12.1. The van der Waals surface area contributed by atoms with Gasteiger partial charge in [-0.2, -0.15) is 13.2 Å². The minimum atomic E-state index is -4.52. The molecule has 0 aliphatic heterocycles. The van der Waals surface area contributed by atoms with Gasteiger partial charge < -0.3 is 9.47 Å².